The molecule has 0 radical (unpaired) electrons. The molecule has 2 heterocycles. The van der Waals surface area contributed by atoms with Crippen molar-refractivity contribution in [2.45, 2.75) is 44.9 Å². The summed E-state index contributed by atoms with van der Waals surface area (Å²) in [4.78, 5) is 29.9. The minimum Gasteiger partial charge on any atom is -0.326 e. The van der Waals surface area contributed by atoms with E-state index in [1.54, 1.807) is 0 Å². The van der Waals surface area contributed by atoms with Gasteiger partial charge in [0.15, 0.2) is 5.17 Å². The van der Waals surface area contributed by atoms with Gasteiger partial charge in [-0.25, -0.2) is 5.01 Å². The summed E-state index contributed by atoms with van der Waals surface area (Å²) in [5.41, 5.74) is 7.13. The van der Waals surface area contributed by atoms with Crippen molar-refractivity contribution in [2.75, 3.05) is 5.32 Å². The molecule has 0 saturated carbocycles. The molecule has 3 aromatic carbocycles. The summed E-state index contributed by atoms with van der Waals surface area (Å²) in [6, 6.07) is 24.3. The zero-order valence-corrected chi connectivity index (χ0v) is 21.4. The molecule has 0 fully saturated rings. The van der Waals surface area contributed by atoms with Crippen LogP contribution in [0.15, 0.2) is 82.9 Å². The van der Waals surface area contributed by atoms with Crippen LogP contribution >= 0.6 is 11.8 Å². The van der Waals surface area contributed by atoms with Gasteiger partial charge >= 0.3 is 0 Å². The molecule has 0 bridgehead atoms. The van der Waals surface area contributed by atoms with Gasteiger partial charge in [-0.1, -0.05) is 84.1 Å². The third-order valence-electron chi connectivity index (χ3n) is 6.44. The SMILES string of the molecule is Cc1ccc(C2=NN(C3=NC(=O)C(CC(=O)Nc4cc(C)ccc4C)S3)C(c3ccccc3)C2)cc1. The molecule has 2 aliphatic heterocycles. The van der Waals surface area contributed by atoms with Crippen LogP contribution in [0, 0.1) is 20.8 Å². The van der Waals surface area contributed by atoms with Gasteiger partial charge in [-0.2, -0.15) is 10.1 Å². The second kappa shape index (κ2) is 10.1. The summed E-state index contributed by atoms with van der Waals surface area (Å²) in [5.74, 6) is -0.493. The first-order valence-electron chi connectivity index (χ1n) is 12.0. The van der Waals surface area contributed by atoms with Gasteiger partial charge in [-0.15, -0.1) is 0 Å². The first-order chi connectivity index (χ1) is 17.4. The smallest absolute Gasteiger partial charge is 0.262 e. The lowest BCUT2D eigenvalue weighted by Gasteiger charge is -2.23. The lowest BCUT2D eigenvalue weighted by Crippen LogP contribution is -2.25. The highest BCUT2D eigenvalue weighted by Gasteiger charge is 2.39. The van der Waals surface area contributed by atoms with Gasteiger partial charge in [0, 0.05) is 18.5 Å². The van der Waals surface area contributed by atoms with Crippen LogP contribution in [0.3, 0.4) is 0 Å². The number of carbonyl (C=O) groups is 2. The third kappa shape index (κ3) is 5.11. The molecule has 7 heteroatoms. The molecule has 2 aliphatic rings. The fraction of sp³-hybridized carbons (Fsp3) is 0.241. The first kappa shape index (κ1) is 24.0. The number of anilines is 1. The fourth-order valence-electron chi connectivity index (χ4n) is 4.39. The molecular weight excluding hydrogens is 468 g/mol. The number of amidine groups is 1. The molecule has 0 aliphatic carbocycles. The number of hydrogen-bond acceptors (Lipinski definition) is 5. The van der Waals surface area contributed by atoms with Crippen molar-refractivity contribution in [3.05, 3.63) is 101 Å². The highest BCUT2D eigenvalue weighted by Crippen LogP contribution is 2.38. The highest BCUT2D eigenvalue weighted by molar-refractivity contribution is 8.15. The van der Waals surface area contributed by atoms with Crippen LogP contribution in [0.1, 0.15) is 46.7 Å². The zero-order valence-electron chi connectivity index (χ0n) is 20.6. The van der Waals surface area contributed by atoms with Crippen LogP contribution in [0.25, 0.3) is 0 Å². The summed E-state index contributed by atoms with van der Waals surface area (Å²) in [6.07, 6.45) is 0.765. The van der Waals surface area contributed by atoms with Crippen molar-refractivity contribution < 1.29 is 9.59 Å². The summed E-state index contributed by atoms with van der Waals surface area (Å²) in [6.45, 7) is 5.99. The number of amides is 2. The van der Waals surface area contributed by atoms with Crippen LogP contribution in [0.5, 0.6) is 0 Å². The Kier molecular flexibility index (Phi) is 6.74. The number of aliphatic imine (C=N–C) groups is 1. The number of hydrazone groups is 1. The van der Waals surface area contributed by atoms with Crippen LogP contribution in [0.4, 0.5) is 5.69 Å². The Morgan fingerprint density at radius 1 is 1.00 bits per heavy atom. The first-order valence-corrected chi connectivity index (χ1v) is 12.9. The number of rotatable bonds is 5. The Hall–Kier alpha value is -3.71. The number of benzene rings is 3. The van der Waals surface area contributed by atoms with Crippen molar-refractivity contribution >= 4 is 40.1 Å². The van der Waals surface area contributed by atoms with Crippen molar-refractivity contribution in [2.24, 2.45) is 10.1 Å². The highest BCUT2D eigenvalue weighted by atomic mass is 32.2. The lowest BCUT2D eigenvalue weighted by molar-refractivity contribution is -0.121. The predicted octanol–water partition coefficient (Wildman–Crippen LogP) is 5.79. The third-order valence-corrected chi connectivity index (χ3v) is 7.58. The van der Waals surface area contributed by atoms with E-state index in [-0.39, 0.29) is 24.3 Å². The summed E-state index contributed by atoms with van der Waals surface area (Å²) < 4.78 is 0. The molecular formula is C29H28N4O2S. The minimum absolute atomic E-state index is 0.0578. The summed E-state index contributed by atoms with van der Waals surface area (Å²) in [5, 5.41) is 9.69. The lowest BCUT2D eigenvalue weighted by atomic mass is 9.98. The maximum atomic E-state index is 12.8. The van der Waals surface area contributed by atoms with E-state index >= 15 is 0 Å². The van der Waals surface area contributed by atoms with Crippen LogP contribution < -0.4 is 5.32 Å². The summed E-state index contributed by atoms with van der Waals surface area (Å²) in [7, 11) is 0. The van der Waals surface area contributed by atoms with E-state index in [2.05, 4.69) is 53.6 Å². The van der Waals surface area contributed by atoms with Crippen LogP contribution in [0.2, 0.25) is 0 Å². The monoisotopic (exact) mass is 496 g/mol. The maximum Gasteiger partial charge on any atom is 0.262 e. The van der Waals surface area contributed by atoms with E-state index in [1.807, 2.05) is 55.3 Å². The number of aryl methyl sites for hydroxylation is 3. The topological polar surface area (TPSA) is 74.1 Å². The van der Waals surface area contributed by atoms with E-state index in [1.165, 1.54) is 17.3 Å². The molecule has 2 unspecified atom stereocenters. The van der Waals surface area contributed by atoms with Gasteiger partial charge in [-0.05, 0) is 49.1 Å². The van der Waals surface area contributed by atoms with Crippen molar-refractivity contribution in [3.8, 4) is 0 Å². The second-order valence-corrected chi connectivity index (χ2v) is 10.5. The molecule has 1 N–H and O–H groups in total. The Morgan fingerprint density at radius 2 is 1.72 bits per heavy atom. The molecule has 0 spiro atoms. The molecule has 0 saturated heterocycles. The number of carbonyl (C=O) groups excluding carboxylic acids is 2. The fourth-order valence-corrected chi connectivity index (χ4v) is 5.45. The van der Waals surface area contributed by atoms with E-state index in [0.29, 0.717) is 11.6 Å². The zero-order chi connectivity index (χ0) is 25.2. The van der Waals surface area contributed by atoms with Gasteiger partial charge in [0.05, 0.1) is 11.8 Å². The van der Waals surface area contributed by atoms with E-state index in [0.717, 1.165) is 33.7 Å². The van der Waals surface area contributed by atoms with Gasteiger partial charge in [0.25, 0.3) is 5.91 Å². The van der Waals surface area contributed by atoms with Gasteiger partial charge in [0.1, 0.15) is 5.25 Å². The van der Waals surface area contributed by atoms with E-state index < -0.39 is 5.25 Å². The minimum atomic E-state index is -0.569. The molecule has 3 aromatic rings. The number of nitrogens with one attached hydrogen (secondary N) is 1. The standard InChI is InChI=1S/C29H28N4O2S/c1-18-10-13-21(14-11-18)24-16-25(22-7-5-4-6-8-22)33(32-24)29-31-28(35)26(36-29)17-27(34)30-23-15-19(2)9-12-20(23)3/h4-15,25-26H,16-17H2,1-3H3,(H,30,34). The van der Waals surface area contributed by atoms with Crippen molar-refractivity contribution in [1.82, 2.24) is 5.01 Å². The number of nitrogens with zero attached hydrogens (tertiary/aromatic N) is 3. The molecule has 2 amide bonds. The average Bonchev–Trinajstić information content (AvgIpc) is 3.46. The Morgan fingerprint density at radius 3 is 2.47 bits per heavy atom. The Labute approximate surface area is 215 Å². The van der Waals surface area contributed by atoms with Gasteiger partial charge in [0.2, 0.25) is 5.91 Å². The molecule has 2 atom stereocenters. The average molecular weight is 497 g/mol. The van der Waals surface area contributed by atoms with Crippen LogP contribution in [-0.4, -0.2) is 33.0 Å². The Balaban J connectivity index is 1.34. The second-order valence-electron chi connectivity index (χ2n) is 9.30. The van der Waals surface area contributed by atoms with E-state index in [9.17, 15) is 9.59 Å². The number of hydrogen-bond donors (Lipinski definition) is 1. The molecule has 5 rings (SSSR count). The molecule has 6 nitrogen and oxygen atoms in total. The summed E-state index contributed by atoms with van der Waals surface area (Å²) >= 11 is 1.32. The van der Waals surface area contributed by atoms with Crippen molar-refractivity contribution in [1.29, 1.82) is 0 Å². The number of thioether (sulfide) groups is 1. The van der Waals surface area contributed by atoms with E-state index in [4.69, 9.17) is 5.10 Å². The van der Waals surface area contributed by atoms with Gasteiger partial charge < -0.3 is 5.32 Å². The van der Waals surface area contributed by atoms with Crippen molar-refractivity contribution in [3.63, 3.8) is 0 Å². The molecule has 0 aromatic heterocycles. The largest absolute Gasteiger partial charge is 0.326 e. The molecule has 182 valence electrons. The van der Waals surface area contributed by atoms with Crippen LogP contribution in [-0.2, 0) is 9.59 Å². The Bertz CT molecular complexity index is 1370. The predicted molar refractivity (Wildman–Crippen MR) is 146 cm³/mol. The molecule has 36 heavy (non-hydrogen) atoms. The van der Waals surface area contributed by atoms with Gasteiger partial charge in [-0.3, -0.25) is 9.59 Å². The maximum absolute atomic E-state index is 12.8. The normalized spacial score (nSPS) is 19.3. The quantitative estimate of drug-likeness (QED) is 0.485.